The second kappa shape index (κ2) is 16.1. The lowest BCUT2D eigenvalue weighted by molar-refractivity contribution is -0.160. The quantitative estimate of drug-likeness (QED) is 0.130. The maximum atomic E-state index is 13.1. The van der Waals surface area contributed by atoms with E-state index >= 15 is 0 Å². The van der Waals surface area contributed by atoms with E-state index in [9.17, 15) is 26.4 Å². The highest BCUT2D eigenvalue weighted by Gasteiger charge is 2.18. The predicted octanol–water partition coefficient (Wildman–Crippen LogP) is 1.53. The number of carbonyl (C=O) groups is 2. The van der Waals surface area contributed by atoms with Crippen LogP contribution >= 0.6 is 0 Å². The van der Waals surface area contributed by atoms with Crippen LogP contribution in [0, 0.1) is 0 Å². The Kier molecular flexibility index (Phi) is 12.8. The fourth-order valence-corrected chi connectivity index (χ4v) is 4.75. The largest absolute Gasteiger partial charge is 0.458 e. The number of hydrogen-bond acceptors (Lipinski definition) is 14. The lowest BCUT2D eigenvalue weighted by Crippen LogP contribution is -2.28. The van der Waals surface area contributed by atoms with E-state index in [2.05, 4.69) is 25.3 Å². The van der Waals surface area contributed by atoms with Gasteiger partial charge in [-0.1, -0.05) is 0 Å². The highest BCUT2D eigenvalue weighted by atomic mass is 32.2. The maximum Gasteiger partial charge on any atom is 0.332 e. The standard InChI is InChI=1S/C29H37N5O10S2/c1-29(2,3)44-25(35)19-43-15-14-42-13-12-41-11-10-30-26(36)22-17-20(23-6-8-31-27(33-23)45(4,37)38)16-21(18-22)24-7-9-32-28(34-24)46(5,39)40/h6-9,16-18H,10-15,19H2,1-5H3,(H,30,36). The molecule has 0 spiro atoms. The molecule has 0 aliphatic heterocycles. The van der Waals surface area contributed by atoms with E-state index in [-0.39, 0.29) is 63.1 Å². The number of benzene rings is 1. The van der Waals surface area contributed by atoms with Crippen LogP contribution in [0.2, 0.25) is 0 Å². The highest BCUT2D eigenvalue weighted by molar-refractivity contribution is 7.90. The average molecular weight is 680 g/mol. The molecular formula is C29H37N5O10S2. The molecule has 15 nitrogen and oxygen atoms in total. The fraction of sp³-hybridized carbons (Fsp3) is 0.448. The van der Waals surface area contributed by atoms with E-state index in [1.807, 2.05) is 0 Å². The summed E-state index contributed by atoms with van der Waals surface area (Å²) in [4.78, 5) is 40.6. The number of hydrogen-bond donors (Lipinski definition) is 1. The topological polar surface area (TPSA) is 203 Å². The molecule has 1 amide bonds. The highest BCUT2D eigenvalue weighted by Crippen LogP contribution is 2.27. The van der Waals surface area contributed by atoms with Gasteiger partial charge in [0.25, 0.3) is 5.91 Å². The Balaban J connectivity index is 1.60. The summed E-state index contributed by atoms with van der Waals surface area (Å²) >= 11 is 0. The van der Waals surface area contributed by atoms with Crippen molar-refractivity contribution in [3.05, 3.63) is 48.3 Å². The number of rotatable bonds is 16. The van der Waals surface area contributed by atoms with Crippen LogP contribution in [0.25, 0.3) is 22.5 Å². The van der Waals surface area contributed by atoms with Crippen molar-refractivity contribution in [2.45, 2.75) is 36.7 Å². The summed E-state index contributed by atoms with van der Waals surface area (Å²) in [5.74, 6) is -0.925. The fourth-order valence-electron chi connectivity index (χ4n) is 3.72. The van der Waals surface area contributed by atoms with Crippen molar-refractivity contribution in [2.75, 3.05) is 58.7 Å². The zero-order valence-corrected chi connectivity index (χ0v) is 27.8. The van der Waals surface area contributed by atoms with Gasteiger partial charge in [0.15, 0.2) is 0 Å². The van der Waals surface area contributed by atoms with Crippen LogP contribution < -0.4 is 5.32 Å². The molecule has 0 saturated carbocycles. The molecule has 1 aromatic carbocycles. The van der Waals surface area contributed by atoms with Crippen LogP contribution in [0.1, 0.15) is 31.1 Å². The zero-order chi connectivity index (χ0) is 34.0. The summed E-state index contributed by atoms with van der Waals surface area (Å²) in [6.07, 6.45) is 4.53. The molecule has 3 rings (SSSR count). The van der Waals surface area contributed by atoms with Crippen LogP contribution in [0.3, 0.4) is 0 Å². The van der Waals surface area contributed by atoms with Crippen molar-refractivity contribution < 1.29 is 45.4 Å². The van der Waals surface area contributed by atoms with Crippen molar-refractivity contribution in [3.63, 3.8) is 0 Å². The molecule has 0 radical (unpaired) electrons. The molecule has 2 aromatic heterocycles. The van der Waals surface area contributed by atoms with Crippen molar-refractivity contribution in [3.8, 4) is 22.5 Å². The molecule has 17 heteroatoms. The molecule has 0 aliphatic carbocycles. The first kappa shape index (κ1) is 36.6. The van der Waals surface area contributed by atoms with E-state index in [0.29, 0.717) is 11.1 Å². The van der Waals surface area contributed by atoms with Crippen LogP contribution in [0.5, 0.6) is 0 Å². The Labute approximate surface area is 267 Å². The molecule has 46 heavy (non-hydrogen) atoms. The van der Waals surface area contributed by atoms with Gasteiger partial charge >= 0.3 is 5.97 Å². The van der Waals surface area contributed by atoms with Crippen LogP contribution in [-0.2, 0) is 43.4 Å². The monoisotopic (exact) mass is 679 g/mol. The Morgan fingerprint density at radius 2 is 1.22 bits per heavy atom. The van der Waals surface area contributed by atoms with E-state index in [4.69, 9.17) is 18.9 Å². The van der Waals surface area contributed by atoms with E-state index in [1.165, 1.54) is 36.7 Å². The number of nitrogens with zero attached hydrogens (tertiary/aromatic N) is 4. The molecule has 0 atom stereocenters. The molecule has 0 unspecified atom stereocenters. The second-order valence-electron chi connectivity index (χ2n) is 10.9. The molecule has 0 aliphatic rings. The molecule has 0 fully saturated rings. The summed E-state index contributed by atoms with van der Waals surface area (Å²) in [6.45, 7) is 6.51. The van der Waals surface area contributed by atoms with E-state index < -0.39 is 47.5 Å². The van der Waals surface area contributed by atoms with Crippen molar-refractivity contribution in [1.29, 1.82) is 0 Å². The summed E-state index contributed by atoms with van der Waals surface area (Å²) in [7, 11) is -7.43. The number of esters is 1. The van der Waals surface area contributed by atoms with Crippen LogP contribution in [-0.4, -0.2) is 113 Å². The number of nitrogens with one attached hydrogen (secondary N) is 1. The predicted molar refractivity (Wildman–Crippen MR) is 165 cm³/mol. The SMILES string of the molecule is CC(C)(C)OC(=O)COCCOCCOCCNC(=O)c1cc(-c2ccnc(S(C)(=O)=O)n2)cc(-c2ccnc(S(C)(=O)=O)n2)c1. The minimum absolute atomic E-state index is 0.162. The van der Waals surface area contributed by atoms with Crippen molar-refractivity contribution in [2.24, 2.45) is 0 Å². The number of aromatic nitrogens is 4. The molecule has 0 bridgehead atoms. The van der Waals surface area contributed by atoms with Gasteiger partial charge in [-0.05, 0) is 51.1 Å². The summed E-state index contributed by atoms with van der Waals surface area (Å²) in [5, 5.41) is 1.96. The first-order valence-electron chi connectivity index (χ1n) is 14.0. The van der Waals surface area contributed by atoms with Gasteiger partial charge in [0.2, 0.25) is 30.0 Å². The third kappa shape index (κ3) is 12.1. The lowest BCUT2D eigenvalue weighted by Gasteiger charge is -2.19. The zero-order valence-electron chi connectivity index (χ0n) is 26.2. The smallest absolute Gasteiger partial charge is 0.332 e. The minimum Gasteiger partial charge on any atom is -0.458 e. The Morgan fingerprint density at radius 1 is 0.739 bits per heavy atom. The van der Waals surface area contributed by atoms with Gasteiger partial charge < -0.3 is 24.3 Å². The van der Waals surface area contributed by atoms with Gasteiger partial charge in [-0.3, -0.25) is 4.79 Å². The number of carbonyl (C=O) groups excluding carboxylic acids is 2. The van der Waals surface area contributed by atoms with Crippen molar-refractivity contribution in [1.82, 2.24) is 25.3 Å². The first-order valence-corrected chi connectivity index (χ1v) is 17.8. The summed E-state index contributed by atoms with van der Waals surface area (Å²) < 4.78 is 69.4. The molecule has 0 saturated heterocycles. The molecule has 2 heterocycles. The lowest BCUT2D eigenvalue weighted by atomic mass is 10.0. The van der Waals surface area contributed by atoms with E-state index in [1.54, 1.807) is 26.8 Å². The van der Waals surface area contributed by atoms with Crippen LogP contribution in [0.4, 0.5) is 0 Å². The molecule has 3 aromatic rings. The summed E-state index contributed by atoms with van der Waals surface area (Å²) in [5.41, 5.74) is 0.801. The number of amides is 1. The van der Waals surface area contributed by atoms with Gasteiger partial charge in [-0.15, -0.1) is 0 Å². The molecule has 250 valence electrons. The molecule has 1 N–H and O–H groups in total. The second-order valence-corrected chi connectivity index (χ2v) is 14.7. The van der Waals surface area contributed by atoms with E-state index in [0.717, 1.165) is 12.5 Å². The minimum atomic E-state index is -3.72. The van der Waals surface area contributed by atoms with Gasteiger partial charge in [0.1, 0.15) is 12.2 Å². The van der Waals surface area contributed by atoms with Gasteiger partial charge in [0.05, 0.1) is 44.4 Å². The van der Waals surface area contributed by atoms with Gasteiger partial charge in [0, 0.05) is 48.1 Å². The Hall–Kier alpha value is -3.90. The Bertz CT molecular complexity index is 1650. The van der Waals surface area contributed by atoms with Crippen molar-refractivity contribution >= 4 is 31.6 Å². The third-order valence-electron chi connectivity index (χ3n) is 5.63. The Morgan fingerprint density at radius 3 is 1.70 bits per heavy atom. The van der Waals surface area contributed by atoms with Gasteiger partial charge in [-0.2, -0.15) is 0 Å². The normalized spacial score (nSPS) is 12.1. The average Bonchev–Trinajstić information content (AvgIpc) is 2.98. The van der Waals surface area contributed by atoms with Crippen LogP contribution in [0.15, 0.2) is 53.0 Å². The molecular weight excluding hydrogens is 642 g/mol. The number of sulfone groups is 2. The summed E-state index contributed by atoms with van der Waals surface area (Å²) in [6, 6.07) is 7.61. The first-order chi connectivity index (χ1) is 21.5. The maximum absolute atomic E-state index is 13.1. The third-order valence-corrected chi connectivity index (χ3v) is 7.35. The number of ether oxygens (including phenoxy) is 4. The van der Waals surface area contributed by atoms with Gasteiger partial charge in [-0.25, -0.2) is 41.6 Å².